The van der Waals surface area contributed by atoms with Crippen LogP contribution in [0.25, 0.3) is 0 Å². The summed E-state index contributed by atoms with van der Waals surface area (Å²) in [5.41, 5.74) is -0.144. The van der Waals surface area contributed by atoms with Crippen LogP contribution in [-0.2, 0) is 4.79 Å². The molecule has 18 heavy (non-hydrogen) atoms. The Morgan fingerprint density at radius 1 is 1.44 bits per heavy atom. The highest BCUT2D eigenvalue weighted by molar-refractivity contribution is 9.10. The van der Waals surface area contributed by atoms with Gasteiger partial charge < -0.3 is 15.5 Å². The maximum Gasteiger partial charge on any atom is 0.332 e. The number of amides is 1. The molecule has 0 heterocycles. The zero-order valence-corrected chi connectivity index (χ0v) is 10.8. The fourth-order valence-electron chi connectivity index (χ4n) is 1.22. The molecule has 1 atom stereocenters. The van der Waals surface area contributed by atoms with Crippen molar-refractivity contribution >= 4 is 27.8 Å². The van der Waals surface area contributed by atoms with E-state index in [2.05, 4.69) is 21.2 Å². The van der Waals surface area contributed by atoms with Crippen LogP contribution in [0.3, 0.4) is 0 Å². The number of hydrogen-bond acceptors (Lipinski definition) is 3. The van der Waals surface area contributed by atoms with E-state index in [0.29, 0.717) is 0 Å². The van der Waals surface area contributed by atoms with Gasteiger partial charge in [-0.1, -0.05) is 6.07 Å². The molecule has 1 rings (SSSR count). The molecule has 0 aliphatic carbocycles. The van der Waals surface area contributed by atoms with Crippen LogP contribution >= 0.6 is 15.9 Å². The second kappa shape index (κ2) is 6.46. The van der Waals surface area contributed by atoms with Crippen LogP contribution in [0.1, 0.15) is 16.8 Å². The third kappa shape index (κ3) is 3.78. The quantitative estimate of drug-likeness (QED) is 0.760. The van der Waals surface area contributed by atoms with Crippen molar-refractivity contribution < 1.29 is 24.2 Å². The molecule has 1 amide bonds. The van der Waals surface area contributed by atoms with Crippen molar-refractivity contribution in [1.29, 1.82) is 0 Å². The summed E-state index contributed by atoms with van der Waals surface area (Å²) in [6.45, 7) is -0.0573. The lowest BCUT2D eigenvalue weighted by Crippen LogP contribution is -2.30. The van der Waals surface area contributed by atoms with E-state index in [1.807, 2.05) is 0 Å². The molecule has 7 heteroatoms. The Balaban J connectivity index is 2.56. The number of rotatable bonds is 5. The summed E-state index contributed by atoms with van der Waals surface area (Å²) in [4.78, 5) is 21.9. The molecule has 0 fully saturated rings. The fraction of sp³-hybridized carbons (Fsp3) is 0.273. The van der Waals surface area contributed by atoms with Gasteiger partial charge in [0.2, 0.25) is 0 Å². The predicted octanol–water partition coefficient (Wildman–Crippen LogP) is 1.15. The minimum absolute atomic E-state index is 0.0573. The molecular weight excluding hydrogens is 309 g/mol. The lowest BCUT2D eigenvalue weighted by atomic mass is 10.2. The van der Waals surface area contributed by atoms with Crippen LogP contribution in [-0.4, -0.2) is 34.7 Å². The van der Waals surface area contributed by atoms with Crippen LogP contribution in [0, 0.1) is 5.82 Å². The van der Waals surface area contributed by atoms with Gasteiger partial charge in [0.05, 0.1) is 10.0 Å². The van der Waals surface area contributed by atoms with E-state index in [-0.39, 0.29) is 23.0 Å². The summed E-state index contributed by atoms with van der Waals surface area (Å²) >= 11 is 2.95. The van der Waals surface area contributed by atoms with Gasteiger partial charge in [0.15, 0.2) is 6.10 Å². The van der Waals surface area contributed by atoms with Crippen LogP contribution in [0.4, 0.5) is 4.39 Å². The normalized spacial score (nSPS) is 11.9. The van der Waals surface area contributed by atoms with E-state index in [4.69, 9.17) is 10.2 Å². The largest absolute Gasteiger partial charge is 0.479 e. The topological polar surface area (TPSA) is 86.6 Å². The molecule has 98 valence electrons. The maximum absolute atomic E-state index is 13.5. The summed E-state index contributed by atoms with van der Waals surface area (Å²) in [6, 6.07) is 4.28. The average molecular weight is 320 g/mol. The van der Waals surface area contributed by atoms with Gasteiger partial charge in [0.1, 0.15) is 5.82 Å². The summed E-state index contributed by atoms with van der Waals surface area (Å²) < 4.78 is 13.7. The first-order chi connectivity index (χ1) is 8.43. The molecule has 3 N–H and O–H groups in total. The van der Waals surface area contributed by atoms with Crippen LogP contribution < -0.4 is 5.32 Å². The SMILES string of the molecule is O=C(NCCC(O)C(=O)O)c1cccc(Br)c1F. The predicted molar refractivity (Wildman–Crippen MR) is 64.7 cm³/mol. The van der Waals surface area contributed by atoms with E-state index in [9.17, 15) is 14.0 Å². The van der Waals surface area contributed by atoms with Crippen molar-refractivity contribution in [2.45, 2.75) is 12.5 Å². The number of hydrogen-bond donors (Lipinski definition) is 3. The number of carboxylic acids is 1. The molecule has 0 saturated heterocycles. The van der Waals surface area contributed by atoms with E-state index >= 15 is 0 Å². The maximum atomic E-state index is 13.5. The molecule has 0 aliphatic heterocycles. The first-order valence-electron chi connectivity index (χ1n) is 5.06. The van der Waals surface area contributed by atoms with Crippen molar-refractivity contribution in [2.24, 2.45) is 0 Å². The van der Waals surface area contributed by atoms with Gasteiger partial charge in [-0.2, -0.15) is 0 Å². The standard InChI is InChI=1S/C11H11BrFNO4/c12-7-3-1-2-6(9(7)13)10(16)14-5-4-8(15)11(17)18/h1-3,8,15H,4-5H2,(H,14,16)(H,17,18). The highest BCUT2D eigenvalue weighted by Gasteiger charge is 2.16. The molecule has 1 aromatic carbocycles. The van der Waals surface area contributed by atoms with Crippen LogP contribution in [0.5, 0.6) is 0 Å². The fourth-order valence-corrected chi connectivity index (χ4v) is 1.59. The third-order valence-electron chi connectivity index (χ3n) is 2.18. The molecule has 1 aromatic rings. The Labute approximate surface area is 111 Å². The number of halogens is 2. The van der Waals surface area contributed by atoms with Crippen molar-refractivity contribution in [1.82, 2.24) is 5.32 Å². The van der Waals surface area contributed by atoms with Gasteiger partial charge in [0, 0.05) is 13.0 Å². The van der Waals surface area contributed by atoms with Gasteiger partial charge in [-0.15, -0.1) is 0 Å². The summed E-state index contributed by atoms with van der Waals surface area (Å²) in [5, 5.41) is 19.7. The monoisotopic (exact) mass is 319 g/mol. The van der Waals surface area contributed by atoms with Crippen molar-refractivity contribution in [3.8, 4) is 0 Å². The molecule has 1 unspecified atom stereocenters. The molecule has 0 bridgehead atoms. The third-order valence-corrected chi connectivity index (χ3v) is 2.80. The molecule has 5 nitrogen and oxygen atoms in total. The zero-order chi connectivity index (χ0) is 13.7. The van der Waals surface area contributed by atoms with Gasteiger partial charge in [-0.25, -0.2) is 9.18 Å². The Kier molecular flexibility index (Phi) is 5.24. The molecular formula is C11H11BrFNO4. The van der Waals surface area contributed by atoms with E-state index in [0.717, 1.165) is 0 Å². The second-order valence-electron chi connectivity index (χ2n) is 3.50. The Bertz CT molecular complexity index is 466. The number of carbonyl (C=O) groups is 2. The summed E-state index contributed by atoms with van der Waals surface area (Å²) in [7, 11) is 0. The highest BCUT2D eigenvalue weighted by atomic mass is 79.9. The van der Waals surface area contributed by atoms with Crippen molar-refractivity contribution in [2.75, 3.05) is 6.54 Å². The van der Waals surface area contributed by atoms with Crippen LogP contribution in [0.2, 0.25) is 0 Å². The second-order valence-corrected chi connectivity index (χ2v) is 4.35. The van der Waals surface area contributed by atoms with Gasteiger partial charge in [-0.05, 0) is 28.1 Å². The van der Waals surface area contributed by atoms with Gasteiger partial charge >= 0.3 is 5.97 Å². The van der Waals surface area contributed by atoms with Gasteiger partial charge in [-0.3, -0.25) is 4.79 Å². The van der Waals surface area contributed by atoms with Crippen LogP contribution in [0.15, 0.2) is 22.7 Å². The van der Waals surface area contributed by atoms with Crippen molar-refractivity contribution in [3.63, 3.8) is 0 Å². The molecule has 0 aromatic heterocycles. The Morgan fingerprint density at radius 3 is 2.72 bits per heavy atom. The molecule has 0 spiro atoms. The minimum atomic E-state index is -1.54. The van der Waals surface area contributed by atoms with Crippen molar-refractivity contribution in [3.05, 3.63) is 34.1 Å². The average Bonchev–Trinajstić information content (AvgIpc) is 2.32. The molecule has 0 aliphatic rings. The summed E-state index contributed by atoms with van der Waals surface area (Å²) in [6.07, 6.45) is -1.69. The number of benzene rings is 1. The first-order valence-corrected chi connectivity index (χ1v) is 5.86. The number of carbonyl (C=O) groups excluding carboxylic acids is 1. The smallest absolute Gasteiger partial charge is 0.332 e. The minimum Gasteiger partial charge on any atom is -0.479 e. The Hall–Kier alpha value is -1.47. The van der Waals surface area contributed by atoms with E-state index < -0.39 is 23.8 Å². The zero-order valence-electron chi connectivity index (χ0n) is 9.19. The number of carboxylic acid groups (broad SMARTS) is 1. The number of aliphatic carboxylic acids is 1. The number of aliphatic hydroxyl groups is 1. The highest BCUT2D eigenvalue weighted by Crippen LogP contribution is 2.18. The van der Waals surface area contributed by atoms with E-state index in [1.54, 1.807) is 0 Å². The number of aliphatic hydroxyl groups excluding tert-OH is 1. The Morgan fingerprint density at radius 2 is 2.11 bits per heavy atom. The lowest BCUT2D eigenvalue weighted by Gasteiger charge is -2.08. The summed E-state index contributed by atoms with van der Waals surface area (Å²) in [5.74, 6) is -2.71. The molecule has 0 radical (unpaired) electrons. The molecule has 0 saturated carbocycles. The number of nitrogens with one attached hydrogen (secondary N) is 1. The lowest BCUT2D eigenvalue weighted by molar-refractivity contribution is -0.146. The first kappa shape index (κ1) is 14.6. The van der Waals surface area contributed by atoms with E-state index in [1.165, 1.54) is 18.2 Å². The van der Waals surface area contributed by atoms with Gasteiger partial charge in [0.25, 0.3) is 5.91 Å².